The normalized spacial score (nSPS) is 25.0. The Labute approximate surface area is 164 Å². The van der Waals surface area contributed by atoms with Crippen LogP contribution < -0.4 is 10.2 Å². The summed E-state index contributed by atoms with van der Waals surface area (Å²) in [4.78, 5) is 27.7. The molecule has 1 spiro atoms. The van der Waals surface area contributed by atoms with Crippen LogP contribution >= 0.6 is 11.6 Å². The zero-order valence-corrected chi connectivity index (χ0v) is 16.2. The third kappa shape index (κ3) is 3.76. The molecule has 0 aromatic carbocycles. The fourth-order valence-corrected chi connectivity index (χ4v) is 4.75. The number of amides is 1. The lowest BCUT2D eigenvalue weighted by Gasteiger charge is -2.37. The van der Waals surface area contributed by atoms with Gasteiger partial charge < -0.3 is 10.2 Å². The molecule has 1 saturated carbocycles. The molecule has 1 amide bonds. The van der Waals surface area contributed by atoms with E-state index in [9.17, 15) is 4.79 Å². The summed E-state index contributed by atoms with van der Waals surface area (Å²) in [7, 11) is 1.73. The van der Waals surface area contributed by atoms with Gasteiger partial charge in [-0.05, 0) is 43.2 Å². The molecule has 2 fully saturated rings. The smallest absolute Gasteiger partial charge is 0.222 e. The monoisotopic (exact) mass is 385 g/mol. The molecular weight excluding hydrogens is 362 g/mol. The Morgan fingerprint density at radius 3 is 3.04 bits per heavy atom. The van der Waals surface area contributed by atoms with E-state index < -0.39 is 0 Å². The molecule has 1 aliphatic carbocycles. The highest BCUT2D eigenvalue weighted by atomic mass is 35.5. The predicted molar refractivity (Wildman–Crippen MR) is 106 cm³/mol. The fraction of sp³-hybridized carbons (Fsp3) is 0.500. The molecule has 2 atom stereocenters. The minimum Gasteiger partial charge on any atom is -0.359 e. The Kier molecular flexibility index (Phi) is 5.00. The third-order valence-electron chi connectivity index (χ3n) is 5.92. The van der Waals surface area contributed by atoms with Crippen molar-refractivity contribution in [1.82, 2.24) is 20.3 Å². The summed E-state index contributed by atoms with van der Waals surface area (Å²) >= 11 is 6.29. The van der Waals surface area contributed by atoms with Gasteiger partial charge in [0.15, 0.2) is 5.82 Å². The highest BCUT2D eigenvalue weighted by Crippen LogP contribution is 2.47. The Morgan fingerprint density at radius 2 is 2.26 bits per heavy atom. The van der Waals surface area contributed by atoms with Crippen molar-refractivity contribution in [3.63, 3.8) is 0 Å². The van der Waals surface area contributed by atoms with E-state index in [0.717, 1.165) is 50.2 Å². The highest BCUT2D eigenvalue weighted by molar-refractivity contribution is 6.29. The number of carbonyl (C=O) groups is 1. The van der Waals surface area contributed by atoms with Crippen LogP contribution in [0.1, 0.15) is 32.1 Å². The molecule has 3 heterocycles. The molecular formula is C20H24ClN5O. The quantitative estimate of drug-likeness (QED) is 0.820. The second-order valence-electron chi connectivity index (χ2n) is 7.69. The Bertz CT molecular complexity index is 830. The number of rotatable bonds is 3. The van der Waals surface area contributed by atoms with Gasteiger partial charge in [-0.25, -0.2) is 9.97 Å². The summed E-state index contributed by atoms with van der Waals surface area (Å²) in [5, 5.41) is 3.26. The van der Waals surface area contributed by atoms with Crippen molar-refractivity contribution in [3.05, 3.63) is 35.7 Å². The maximum absolute atomic E-state index is 12.1. The predicted octanol–water partition coefficient (Wildman–Crippen LogP) is 3.32. The maximum atomic E-state index is 12.1. The first-order valence-electron chi connectivity index (χ1n) is 9.50. The van der Waals surface area contributed by atoms with Gasteiger partial charge in [-0.1, -0.05) is 18.0 Å². The van der Waals surface area contributed by atoms with Gasteiger partial charge in [0.2, 0.25) is 5.91 Å². The number of hydrogen-bond donors (Lipinski definition) is 1. The number of carbonyl (C=O) groups excluding carboxylic acids is 1. The lowest BCUT2D eigenvalue weighted by molar-refractivity contribution is -0.126. The van der Waals surface area contributed by atoms with Crippen LogP contribution in [0.4, 0.5) is 5.82 Å². The van der Waals surface area contributed by atoms with Crippen LogP contribution in [-0.4, -0.2) is 41.0 Å². The molecule has 0 bridgehead atoms. The standard InChI is InChI=1S/C20H24ClN5O/c1-22-19(27)14-4-2-6-20(11-14)7-9-26(13-20)17-10-16(21)24-18(25-17)15-5-3-8-23-12-15/h3,5,8,10,12,14H,2,4,6-7,9,11,13H2,1H3,(H,22,27). The molecule has 1 saturated heterocycles. The topological polar surface area (TPSA) is 71.0 Å². The van der Waals surface area contributed by atoms with E-state index in [0.29, 0.717) is 11.0 Å². The molecule has 27 heavy (non-hydrogen) atoms. The van der Waals surface area contributed by atoms with E-state index in [4.69, 9.17) is 16.6 Å². The molecule has 0 radical (unpaired) electrons. The van der Waals surface area contributed by atoms with E-state index in [1.807, 2.05) is 18.2 Å². The molecule has 2 aromatic heterocycles. The molecule has 4 rings (SSSR count). The van der Waals surface area contributed by atoms with Crippen molar-refractivity contribution in [2.24, 2.45) is 11.3 Å². The lowest BCUT2D eigenvalue weighted by Crippen LogP contribution is -2.38. The maximum Gasteiger partial charge on any atom is 0.222 e. The van der Waals surface area contributed by atoms with Crippen molar-refractivity contribution in [2.45, 2.75) is 32.1 Å². The number of nitrogens with zero attached hydrogens (tertiary/aromatic N) is 4. The molecule has 7 heteroatoms. The van der Waals surface area contributed by atoms with Crippen LogP contribution in [0.15, 0.2) is 30.6 Å². The molecule has 2 aromatic rings. The third-order valence-corrected chi connectivity index (χ3v) is 6.11. The van der Waals surface area contributed by atoms with E-state index in [1.165, 1.54) is 6.42 Å². The fourth-order valence-electron chi connectivity index (χ4n) is 4.57. The van der Waals surface area contributed by atoms with Crippen LogP contribution in [-0.2, 0) is 4.79 Å². The molecule has 2 unspecified atom stereocenters. The summed E-state index contributed by atoms with van der Waals surface area (Å²) < 4.78 is 0. The van der Waals surface area contributed by atoms with Crippen molar-refractivity contribution in [1.29, 1.82) is 0 Å². The molecule has 2 aliphatic rings. The Morgan fingerprint density at radius 1 is 1.37 bits per heavy atom. The van der Waals surface area contributed by atoms with E-state index >= 15 is 0 Å². The van der Waals surface area contributed by atoms with Gasteiger partial charge in [-0.2, -0.15) is 0 Å². The van der Waals surface area contributed by atoms with Gasteiger partial charge in [0.1, 0.15) is 11.0 Å². The zero-order valence-electron chi connectivity index (χ0n) is 15.5. The van der Waals surface area contributed by atoms with E-state index in [-0.39, 0.29) is 17.2 Å². The van der Waals surface area contributed by atoms with E-state index in [2.05, 4.69) is 20.2 Å². The van der Waals surface area contributed by atoms with Crippen LogP contribution in [0, 0.1) is 11.3 Å². The highest BCUT2D eigenvalue weighted by Gasteiger charge is 2.43. The van der Waals surface area contributed by atoms with Gasteiger partial charge >= 0.3 is 0 Å². The first kappa shape index (κ1) is 18.2. The van der Waals surface area contributed by atoms with Gasteiger partial charge in [0.05, 0.1) is 0 Å². The van der Waals surface area contributed by atoms with Gasteiger partial charge in [0, 0.05) is 50.1 Å². The van der Waals surface area contributed by atoms with Crippen LogP contribution in [0.25, 0.3) is 11.4 Å². The summed E-state index contributed by atoms with van der Waals surface area (Å²) in [6.07, 6.45) is 8.79. The first-order chi connectivity index (χ1) is 13.1. The van der Waals surface area contributed by atoms with Crippen molar-refractivity contribution in [2.75, 3.05) is 25.0 Å². The number of anilines is 1. The Hall–Kier alpha value is -2.21. The first-order valence-corrected chi connectivity index (χ1v) is 9.88. The van der Waals surface area contributed by atoms with Crippen molar-refractivity contribution < 1.29 is 4.79 Å². The summed E-state index contributed by atoms with van der Waals surface area (Å²) in [6, 6.07) is 5.63. The zero-order chi connectivity index (χ0) is 18.9. The van der Waals surface area contributed by atoms with Gasteiger partial charge in [-0.15, -0.1) is 0 Å². The molecule has 1 aliphatic heterocycles. The second-order valence-corrected chi connectivity index (χ2v) is 8.08. The SMILES string of the molecule is CNC(=O)C1CCCC2(CCN(c3cc(Cl)nc(-c4cccnc4)n3)C2)C1. The minimum atomic E-state index is 0.128. The van der Waals surface area contributed by atoms with Crippen molar-refractivity contribution in [3.8, 4) is 11.4 Å². The van der Waals surface area contributed by atoms with Crippen molar-refractivity contribution >= 4 is 23.3 Å². The lowest BCUT2D eigenvalue weighted by atomic mass is 9.69. The summed E-state index contributed by atoms with van der Waals surface area (Å²) in [5.41, 5.74) is 1.05. The Balaban J connectivity index is 1.55. The largest absolute Gasteiger partial charge is 0.359 e. The number of halogens is 1. The average Bonchev–Trinajstić information content (AvgIpc) is 3.10. The molecule has 142 valence electrons. The van der Waals surface area contributed by atoms with E-state index in [1.54, 1.807) is 19.4 Å². The number of aromatic nitrogens is 3. The second kappa shape index (κ2) is 7.43. The number of nitrogens with one attached hydrogen (secondary N) is 1. The van der Waals surface area contributed by atoms with Gasteiger partial charge in [0.25, 0.3) is 0 Å². The summed E-state index contributed by atoms with van der Waals surface area (Å²) in [6.45, 7) is 1.85. The minimum absolute atomic E-state index is 0.128. The van der Waals surface area contributed by atoms with Crippen LogP contribution in [0.3, 0.4) is 0 Å². The average molecular weight is 386 g/mol. The summed E-state index contributed by atoms with van der Waals surface area (Å²) in [5.74, 6) is 1.76. The van der Waals surface area contributed by atoms with Crippen LogP contribution in [0.5, 0.6) is 0 Å². The van der Waals surface area contributed by atoms with Gasteiger partial charge in [-0.3, -0.25) is 9.78 Å². The number of pyridine rings is 1. The number of hydrogen-bond acceptors (Lipinski definition) is 5. The molecule has 1 N–H and O–H groups in total. The van der Waals surface area contributed by atoms with Crippen LogP contribution in [0.2, 0.25) is 5.15 Å². The molecule has 6 nitrogen and oxygen atoms in total.